The van der Waals surface area contributed by atoms with Crippen LogP contribution in [0, 0.1) is 0 Å². The van der Waals surface area contributed by atoms with Gasteiger partial charge in [0.15, 0.2) is 6.10 Å². The lowest BCUT2D eigenvalue weighted by atomic mass is 10.0. The predicted molar refractivity (Wildman–Crippen MR) is 362 cm³/mol. The first-order valence-electron chi connectivity index (χ1n) is 35.0. The van der Waals surface area contributed by atoms with Crippen LogP contribution in [0.25, 0.3) is 0 Å². The Kier molecular flexibility index (Phi) is 66.7. The zero-order chi connectivity index (χ0) is 59.9. The molecule has 6 heteroatoms. The van der Waals surface area contributed by atoms with Crippen LogP contribution in [0.5, 0.6) is 0 Å². The van der Waals surface area contributed by atoms with Gasteiger partial charge in [0.25, 0.3) is 0 Å². The first-order valence-corrected chi connectivity index (χ1v) is 35.0. The third-order valence-electron chi connectivity index (χ3n) is 14.9. The maximum absolute atomic E-state index is 13.0. The van der Waals surface area contributed by atoms with Crippen LogP contribution >= 0.6 is 0 Å². The molecular formula is C77H130O6. The van der Waals surface area contributed by atoms with Gasteiger partial charge < -0.3 is 14.2 Å². The predicted octanol–water partition coefficient (Wildman–Crippen LogP) is 24.3. The highest BCUT2D eigenvalue weighted by atomic mass is 16.6. The normalized spacial score (nSPS) is 12.9. The molecule has 0 heterocycles. The number of carbonyl (C=O) groups excluding carboxylic acids is 3. The van der Waals surface area contributed by atoms with Crippen molar-refractivity contribution in [3.8, 4) is 0 Å². The Labute approximate surface area is 513 Å². The first-order chi connectivity index (χ1) is 41.0. The molecule has 0 bridgehead atoms. The van der Waals surface area contributed by atoms with Crippen LogP contribution in [0.4, 0.5) is 0 Å². The van der Waals surface area contributed by atoms with Crippen molar-refractivity contribution in [1.29, 1.82) is 0 Å². The Morgan fingerprint density at radius 1 is 0.253 bits per heavy atom. The summed E-state index contributed by atoms with van der Waals surface area (Å²) in [5.41, 5.74) is 0. The van der Waals surface area contributed by atoms with Crippen LogP contribution in [-0.4, -0.2) is 37.2 Å². The van der Waals surface area contributed by atoms with Crippen molar-refractivity contribution in [1.82, 2.24) is 0 Å². The molecule has 0 radical (unpaired) electrons. The van der Waals surface area contributed by atoms with E-state index in [1.807, 2.05) is 6.08 Å². The molecule has 83 heavy (non-hydrogen) atoms. The Bertz CT molecular complexity index is 1700. The summed E-state index contributed by atoms with van der Waals surface area (Å²) in [5, 5.41) is 0. The van der Waals surface area contributed by atoms with Gasteiger partial charge in [0, 0.05) is 19.3 Å². The van der Waals surface area contributed by atoms with E-state index in [4.69, 9.17) is 14.2 Å². The van der Waals surface area contributed by atoms with Crippen LogP contribution in [0.1, 0.15) is 329 Å². The molecule has 0 aromatic carbocycles. The largest absolute Gasteiger partial charge is 0.462 e. The molecule has 0 aliphatic carbocycles. The van der Waals surface area contributed by atoms with Crippen molar-refractivity contribution < 1.29 is 28.6 Å². The van der Waals surface area contributed by atoms with E-state index in [1.165, 1.54) is 180 Å². The van der Waals surface area contributed by atoms with E-state index in [9.17, 15) is 14.4 Å². The topological polar surface area (TPSA) is 78.9 Å². The zero-order valence-electron chi connectivity index (χ0n) is 54.4. The molecule has 6 nitrogen and oxygen atoms in total. The van der Waals surface area contributed by atoms with Crippen LogP contribution in [0.15, 0.2) is 122 Å². The summed E-state index contributed by atoms with van der Waals surface area (Å²) in [4.78, 5) is 38.4. The van der Waals surface area contributed by atoms with Crippen molar-refractivity contribution in [2.24, 2.45) is 0 Å². The van der Waals surface area contributed by atoms with E-state index in [-0.39, 0.29) is 37.5 Å². The van der Waals surface area contributed by atoms with Gasteiger partial charge in [-0.1, -0.05) is 309 Å². The van der Waals surface area contributed by atoms with Gasteiger partial charge in [-0.3, -0.25) is 14.4 Å². The molecule has 0 rings (SSSR count). The second kappa shape index (κ2) is 70.3. The van der Waals surface area contributed by atoms with Crippen molar-refractivity contribution in [2.75, 3.05) is 13.2 Å². The van der Waals surface area contributed by atoms with Crippen molar-refractivity contribution >= 4 is 17.9 Å². The van der Waals surface area contributed by atoms with E-state index in [0.717, 1.165) is 103 Å². The monoisotopic (exact) mass is 1150 g/mol. The number of esters is 3. The van der Waals surface area contributed by atoms with E-state index < -0.39 is 6.10 Å². The smallest absolute Gasteiger partial charge is 0.306 e. The molecule has 0 amide bonds. The minimum atomic E-state index is -0.821. The first kappa shape index (κ1) is 78.8. The van der Waals surface area contributed by atoms with Crippen LogP contribution < -0.4 is 0 Å². The Morgan fingerprint density at radius 2 is 0.494 bits per heavy atom. The summed E-state index contributed by atoms with van der Waals surface area (Å²) in [6.07, 6.45) is 98.0. The van der Waals surface area contributed by atoms with Gasteiger partial charge in [0.1, 0.15) is 13.2 Å². The summed E-state index contributed by atoms with van der Waals surface area (Å²) >= 11 is 0. The lowest BCUT2D eigenvalue weighted by molar-refractivity contribution is -0.166. The lowest BCUT2D eigenvalue weighted by Crippen LogP contribution is -2.30. The van der Waals surface area contributed by atoms with Gasteiger partial charge in [-0.2, -0.15) is 0 Å². The van der Waals surface area contributed by atoms with Gasteiger partial charge in [0.2, 0.25) is 0 Å². The average Bonchev–Trinajstić information content (AvgIpc) is 3.49. The van der Waals surface area contributed by atoms with Crippen molar-refractivity contribution in [3.63, 3.8) is 0 Å². The fourth-order valence-corrected chi connectivity index (χ4v) is 9.71. The van der Waals surface area contributed by atoms with E-state index in [2.05, 4.69) is 136 Å². The summed E-state index contributed by atoms with van der Waals surface area (Å²) in [7, 11) is 0. The number of hydrogen-bond donors (Lipinski definition) is 0. The number of rotatable bonds is 63. The van der Waals surface area contributed by atoms with Gasteiger partial charge in [0.05, 0.1) is 0 Å². The molecule has 1 atom stereocenters. The molecular weight excluding hydrogens is 1020 g/mol. The third-order valence-corrected chi connectivity index (χ3v) is 14.9. The number of unbranched alkanes of at least 4 members (excludes halogenated alkanes) is 32. The summed E-state index contributed by atoms with van der Waals surface area (Å²) in [5.74, 6) is -0.999. The molecule has 0 aliphatic heterocycles. The second-order valence-electron chi connectivity index (χ2n) is 23.1. The summed E-state index contributed by atoms with van der Waals surface area (Å²) < 4.78 is 16.9. The third kappa shape index (κ3) is 68.5. The van der Waals surface area contributed by atoms with Gasteiger partial charge in [-0.25, -0.2) is 0 Å². The fourth-order valence-electron chi connectivity index (χ4n) is 9.71. The molecule has 0 N–H and O–H groups in total. The highest BCUT2D eigenvalue weighted by Gasteiger charge is 2.19. The number of allylic oxidation sites excluding steroid dienone is 20. The van der Waals surface area contributed by atoms with Crippen molar-refractivity contribution in [2.45, 2.75) is 335 Å². The Morgan fingerprint density at radius 3 is 0.819 bits per heavy atom. The molecule has 0 saturated carbocycles. The Balaban J connectivity index is 4.46. The minimum absolute atomic E-state index is 0.108. The number of carbonyl (C=O) groups is 3. The van der Waals surface area contributed by atoms with Crippen LogP contribution in [0.2, 0.25) is 0 Å². The quantitative estimate of drug-likeness (QED) is 0.0261. The fraction of sp³-hybridized carbons (Fsp3) is 0.701. The molecule has 0 saturated heterocycles. The molecule has 0 spiro atoms. The standard InChI is InChI=1S/C77H130O6/c1-4-7-10-13-16-19-22-25-28-31-34-36-37-38-39-41-43-46-49-52-55-58-61-64-67-70-76(79)82-73-74(72-81-75(78)69-66-63-60-57-54-51-48-45-42-33-30-27-24-21-18-15-12-9-6-3)83-77(80)71-68-65-62-59-56-53-50-47-44-40-35-32-29-26-23-20-17-14-11-8-5-2/h9,12,18,21,23,26-27,30-32,34-35,42,44-45,47,51,54,60,63,74H,4-8,10-11,13-17,19-20,22,24-25,28-29,33,36-41,43,46,48-50,52-53,55-59,61-62,64-73H2,1-3H3/b12-9-,21-18-,26-23-,30-27-,34-31-,35-32-,45-42-,47-44-,54-51-,63-60-. The molecule has 1 unspecified atom stereocenters. The van der Waals surface area contributed by atoms with E-state index >= 15 is 0 Å². The SMILES string of the molecule is CC/C=C\C/C=C\C/C=C\C/C=C\C/C=C\C/C=C\CCC(=O)OCC(COC(=O)CCCCCCCCCCCCCCC/C=C\CCCCCCCCCC)OC(=O)CCCCCCCC/C=C\C/C=C\C/C=C\CCCCCCC. The van der Waals surface area contributed by atoms with E-state index in [0.29, 0.717) is 19.3 Å². The molecule has 0 aromatic heterocycles. The van der Waals surface area contributed by atoms with Gasteiger partial charge >= 0.3 is 17.9 Å². The van der Waals surface area contributed by atoms with Gasteiger partial charge in [-0.15, -0.1) is 0 Å². The summed E-state index contributed by atoms with van der Waals surface area (Å²) in [6.45, 7) is 6.47. The molecule has 0 fully saturated rings. The molecule has 474 valence electrons. The van der Waals surface area contributed by atoms with Crippen molar-refractivity contribution in [3.05, 3.63) is 122 Å². The highest BCUT2D eigenvalue weighted by molar-refractivity contribution is 5.71. The Hall–Kier alpha value is -4.19. The number of ether oxygens (including phenoxy) is 3. The van der Waals surface area contributed by atoms with Crippen LogP contribution in [0.3, 0.4) is 0 Å². The second-order valence-corrected chi connectivity index (χ2v) is 23.1. The summed E-state index contributed by atoms with van der Waals surface area (Å²) in [6, 6.07) is 0. The highest BCUT2D eigenvalue weighted by Crippen LogP contribution is 2.16. The maximum Gasteiger partial charge on any atom is 0.306 e. The average molecular weight is 1150 g/mol. The zero-order valence-corrected chi connectivity index (χ0v) is 54.4. The molecule has 0 aliphatic rings. The molecule has 0 aromatic rings. The van der Waals surface area contributed by atoms with E-state index in [1.54, 1.807) is 0 Å². The minimum Gasteiger partial charge on any atom is -0.462 e. The van der Waals surface area contributed by atoms with Gasteiger partial charge in [-0.05, 0) is 122 Å². The number of hydrogen-bond acceptors (Lipinski definition) is 6. The van der Waals surface area contributed by atoms with Crippen LogP contribution in [-0.2, 0) is 28.6 Å². The lowest BCUT2D eigenvalue weighted by Gasteiger charge is -2.18. The maximum atomic E-state index is 13.0.